The van der Waals surface area contributed by atoms with Crippen molar-refractivity contribution in [2.75, 3.05) is 25.0 Å². The number of aromatic nitrogens is 1. The molecule has 0 radical (unpaired) electrons. The van der Waals surface area contributed by atoms with Crippen LogP contribution in [-0.2, 0) is 4.79 Å². The van der Waals surface area contributed by atoms with Crippen molar-refractivity contribution in [3.8, 4) is 0 Å². The van der Waals surface area contributed by atoms with Crippen molar-refractivity contribution < 1.29 is 14.1 Å². The summed E-state index contributed by atoms with van der Waals surface area (Å²) in [5.74, 6) is 0.000682. The van der Waals surface area contributed by atoms with Crippen LogP contribution in [0.2, 0.25) is 0 Å². The maximum absolute atomic E-state index is 11.9. The second kappa shape index (κ2) is 5.39. The van der Waals surface area contributed by atoms with Crippen molar-refractivity contribution in [2.45, 2.75) is 12.8 Å². The molecule has 1 aliphatic rings. The summed E-state index contributed by atoms with van der Waals surface area (Å²) in [4.78, 5) is 28.0. The predicted molar refractivity (Wildman–Crippen MR) is 75.0 cm³/mol. The van der Waals surface area contributed by atoms with E-state index < -0.39 is 4.92 Å². The minimum absolute atomic E-state index is 0.000682. The Morgan fingerprint density at radius 2 is 2.19 bits per heavy atom. The van der Waals surface area contributed by atoms with Gasteiger partial charge in [-0.1, -0.05) is 0 Å². The number of non-ortho nitro benzene ring substituents is 1. The van der Waals surface area contributed by atoms with Crippen LogP contribution < -0.4 is 5.32 Å². The summed E-state index contributed by atoms with van der Waals surface area (Å²) >= 11 is 0. The smallest absolute Gasteiger partial charge is 0.296 e. The highest BCUT2D eigenvalue weighted by molar-refractivity contribution is 5.81. The van der Waals surface area contributed by atoms with Gasteiger partial charge in [-0.15, -0.1) is 0 Å². The topological polar surface area (TPSA) is 102 Å². The number of fused-ring (bicyclic) bond motifs is 1. The number of benzene rings is 1. The number of anilines is 1. The van der Waals surface area contributed by atoms with E-state index in [-0.39, 0.29) is 24.2 Å². The van der Waals surface area contributed by atoms with E-state index in [0.717, 1.165) is 25.9 Å². The van der Waals surface area contributed by atoms with E-state index in [2.05, 4.69) is 10.3 Å². The molecule has 0 aliphatic carbocycles. The number of nitrogens with one attached hydrogen (secondary N) is 1. The summed E-state index contributed by atoms with van der Waals surface area (Å²) in [5.41, 5.74) is 0.774. The van der Waals surface area contributed by atoms with Crippen molar-refractivity contribution in [2.24, 2.45) is 0 Å². The first-order valence-electron chi connectivity index (χ1n) is 6.70. The molecule has 0 unspecified atom stereocenters. The second-order valence-corrected chi connectivity index (χ2v) is 4.87. The molecule has 8 nitrogen and oxygen atoms in total. The third-order valence-electron chi connectivity index (χ3n) is 3.43. The first-order chi connectivity index (χ1) is 10.1. The highest BCUT2D eigenvalue weighted by Gasteiger charge is 2.18. The Balaban J connectivity index is 1.69. The molecule has 21 heavy (non-hydrogen) atoms. The number of nitro groups is 1. The van der Waals surface area contributed by atoms with Gasteiger partial charge in [0.25, 0.3) is 11.7 Å². The lowest BCUT2D eigenvalue weighted by Gasteiger charge is -2.14. The molecule has 1 aromatic heterocycles. The van der Waals surface area contributed by atoms with E-state index in [1.54, 1.807) is 4.90 Å². The third kappa shape index (κ3) is 2.78. The van der Waals surface area contributed by atoms with Gasteiger partial charge in [0.1, 0.15) is 5.52 Å². The number of nitrogens with zero attached hydrogens (tertiary/aromatic N) is 3. The number of oxazole rings is 1. The molecule has 2 aromatic rings. The average molecular weight is 290 g/mol. The number of rotatable bonds is 4. The summed E-state index contributed by atoms with van der Waals surface area (Å²) in [7, 11) is 0. The zero-order valence-corrected chi connectivity index (χ0v) is 11.2. The second-order valence-electron chi connectivity index (χ2n) is 4.87. The molecule has 1 fully saturated rings. The molecule has 2 heterocycles. The van der Waals surface area contributed by atoms with Crippen LogP contribution in [-0.4, -0.2) is 40.3 Å². The Morgan fingerprint density at radius 3 is 2.90 bits per heavy atom. The first kappa shape index (κ1) is 13.3. The van der Waals surface area contributed by atoms with Gasteiger partial charge in [-0.25, -0.2) is 0 Å². The van der Waals surface area contributed by atoms with Gasteiger partial charge in [0, 0.05) is 19.2 Å². The third-order valence-corrected chi connectivity index (χ3v) is 3.43. The quantitative estimate of drug-likeness (QED) is 0.680. The average Bonchev–Trinajstić information content (AvgIpc) is 3.12. The molecule has 0 atom stereocenters. The van der Waals surface area contributed by atoms with Crippen LogP contribution in [0.4, 0.5) is 11.7 Å². The minimum Gasteiger partial charge on any atom is -0.423 e. The maximum Gasteiger partial charge on any atom is 0.296 e. The van der Waals surface area contributed by atoms with Crippen LogP contribution in [0, 0.1) is 10.1 Å². The minimum atomic E-state index is -0.494. The number of carbonyl (C=O) groups excluding carboxylic acids is 1. The van der Waals surface area contributed by atoms with E-state index in [1.807, 2.05) is 0 Å². The van der Waals surface area contributed by atoms with E-state index in [1.165, 1.54) is 18.2 Å². The van der Waals surface area contributed by atoms with E-state index >= 15 is 0 Å². The molecular formula is C13H14N4O4. The summed E-state index contributed by atoms with van der Waals surface area (Å²) < 4.78 is 5.37. The fraction of sp³-hybridized carbons (Fsp3) is 0.385. The maximum atomic E-state index is 11.9. The summed E-state index contributed by atoms with van der Waals surface area (Å²) in [6, 6.07) is 4.39. The zero-order valence-electron chi connectivity index (χ0n) is 11.2. The van der Waals surface area contributed by atoms with Crippen LogP contribution in [0.15, 0.2) is 22.6 Å². The van der Waals surface area contributed by atoms with Crippen molar-refractivity contribution >= 4 is 28.7 Å². The van der Waals surface area contributed by atoms with Gasteiger partial charge >= 0.3 is 0 Å². The molecule has 0 bridgehead atoms. The van der Waals surface area contributed by atoms with Gasteiger partial charge < -0.3 is 14.6 Å². The molecule has 1 aromatic carbocycles. The van der Waals surface area contributed by atoms with Crippen LogP contribution in [0.3, 0.4) is 0 Å². The summed E-state index contributed by atoms with van der Waals surface area (Å²) in [6.07, 6.45) is 2.08. The fourth-order valence-electron chi connectivity index (χ4n) is 2.33. The Morgan fingerprint density at radius 1 is 1.43 bits per heavy atom. The van der Waals surface area contributed by atoms with E-state index in [4.69, 9.17) is 4.42 Å². The lowest BCUT2D eigenvalue weighted by molar-refractivity contribution is -0.384. The number of hydrogen-bond donors (Lipinski definition) is 1. The molecule has 8 heteroatoms. The monoisotopic (exact) mass is 290 g/mol. The molecule has 0 spiro atoms. The lowest BCUT2D eigenvalue weighted by Crippen LogP contribution is -2.33. The summed E-state index contributed by atoms with van der Waals surface area (Å²) in [5, 5.41) is 13.5. The van der Waals surface area contributed by atoms with Crippen LogP contribution in [0.5, 0.6) is 0 Å². The van der Waals surface area contributed by atoms with Gasteiger partial charge in [-0.2, -0.15) is 4.98 Å². The number of likely N-dealkylation sites (tertiary alicyclic amines) is 1. The van der Waals surface area contributed by atoms with Crippen molar-refractivity contribution in [3.63, 3.8) is 0 Å². The molecule has 0 saturated carbocycles. The zero-order chi connectivity index (χ0) is 14.8. The number of carbonyl (C=O) groups is 1. The molecule has 1 aliphatic heterocycles. The molecule has 1 N–H and O–H groups in total. The fourth-order valence-corrected chi connectivity index (χ4v) is 2.33. The number of nitro benzene ring substituents is 1. The van der Waals surface area contributed by atoms with Crippen molar-refractivity contribution in [3.05, 3.63) is 28.3 Å². The lowest BCUT2D eigenvalue weighted by atomic mass is 10.3. The highest BCUT2D eigenvalue weighted by atomic mass is 16.6. The molecule has 3 rings (SSSR count). The van der Waals surface area contributed by atoms with E-state index in [0.29, 0.717) is 11.1 Å². The van der Waals surface area contributed by atoms with Gasteiger partial charge in [0.15, 0.2) is 5.58 Å². The Labute approximate surface area is 119 Å². The van der Waals surface area contributed by atoms with Gasteiger partial charge in [0.05, 0.1) is 17.5 Å². The van der Waals surface area contributed by atoms with E-state index in [9.17, 15) is 14.9 Å². The molecule has 1 amide bonds. The number of amides is 1. The Hall–Kier alpha value is -2.64. The van der Waals surface area contributed by atoms with Gasteiger partial charge in [0.2, 0.25) is 5.91 Å². The Kier molecular flexibility index (Phi) is 3.43. The predicted octanol–water partition coefficient (Wildman–Crippen LogP) is 1.77. The van der Waals surface area contributed by atoms with Crippen molar-refractivity contribution in [1.82, 2.24) is 9.88 Å². The van der Waals surface area contributed by atoms with Gasteiger partial charge in [-0.3, -0.25) is 14.9 Å². The normalized spacial score (nSPS) is 14.6. The highest BCUT2D eigenvalue weighted by Crippen LogP contribution is 2.23. The van der Waals surface area contributed by atoms with Gasteiger partial charge in [-0.05, 0) is 18.9 Å². The Bertz CT molecular complexity index is 691. The summed E-state index contributed by atoms with van der Waals surface area (Å²) in [6.45, 7) is 1.69. The SMILES string of the molecule is O=C(CNc1nc2ccc([N+](=O)[O-])cc2o1)N1CCCC1. The largest absolute Gasteiger partial charge is 0.423 e. The first-order valence-corrected chi connectivity index (χ1v) is 6.70. The molecule has 110 valence electrons. The van der Waals surface area contributed by atoms with Crippen LogP contribution >= 0.6 is 0 Å². The van der Waals surface area contributed by atoms with Crippen LogP contribution in [0.25, 0.3) is 11.1 Å². The number of hydrogen-bond acceptors (Lipinski definition) is 6. The molecular weight excluding hydrogens is 276 g/mol. The van der Waals surface area contributed by atoms with Crippen LogP contribution in [0.1, 0.15) is 12.8 Å². The standard InChI is InChI=1S/C13H14N4O4/c18-12(16-5-1-2-6-16)8-14-13-15-10-4-3-9(17(19)20)7-11(10)21-13/h3-4,7H,1-2,5-6,8H2,(H,14,15). The van der Waals surface area contributed by atoms with Crippen molar-refractivity contribution in [1.29, 1.82) is 0 Å². The molecule has 1 saturated heterocycles.